The van der Waals surface area contributed by atoms with Crippen LogP contribution in [-0.4, -0.2) is 54.5 Å². The van der Waals surface area contributed by atoms with E-state index in [9.17, 15) is 9.59 Å². The predicted octanol–water partition coefficient (Wildman–Crippen LogP) is 3.14. The summed E-state index contributed by atoms with van der Waals surface area (Å²) in [5, 5.41) is 0.380. The molecule has 0 atom stereocenters. The van der Waals surface area contributed by atoms with Crippen LogP contribution in [0.2, 0.25) is 9.36 Å². The number of piperazine rings is 1. The standard InChI is InChI=1S/C18H19Cl2N3O3S/c19-12-1-3-15(21)14(9-12)18(25)26-11-17(24)23-7-5-22(6-8-23)10-13-2-4-16(20)27-13/h1-4,9H,5-8,10-11,21H2. The number of hydrogen-bond acceptors (Lipinski definition) is 6. The Balaban J connectivity index is 1.45. The number of carbonyl (C=O) groups excluding carboxylic acids is 2. The van der Waals surface area contributed by atoms with E-state index < -0.39 is 5.97 Å². The molecule has 1 aromatic heterocycles. The molecule has 2 aromatic rings. The molecule has 1 aliphatic rings. The largest absolute Gasteiger partial charge is 0.452 e. The van der Waals surface area contributed by atoms with Gasteiger partial charge in [0.1, 0.15) is 0 Å². The van der Waals surface area contributed by atoms with E-state index in [0.29, 0.717) is 18.1 Å². The van der Waals surface area contributed by atoms with Crippen LogP contribution in [0, 0.1) is 0 Å². The number of anilines is 1. The number of rotatable bonds is 5. The van der Waals surface area contributed by atoms with Gasteiger partial charge in [0.25, 0.3) is 5.91 Å². The van der Waals surface area contributed by atoms with Crippen LogP contribution in [0.1, 0.15) is 15.2 Å². The van der Waals surface area contributed by atoms with Gasteiger partial charge < -0.3 is 15.4 Å². The Morgan fingerprint density at radius 1 is 1.11 bits per heavy atom. The number of ether oxygens (including phenoxy) is 1. The maximum Gasteiger partial charge on any atom is 0.340 e. The van der Waals surface area contributed by atoms with Crippen molar-refractivity contribution in [1.82, 2.24) is 9.80 Å². The van der Waals surface area contributed by atoms with Gasteiger partial charge in [0.15, 0.2) is 6.61 Å². The topological polar surface area (TPSA) is 75.9 Å². The summed E-state index contributed by atoms with van der Waals surface area (Å²) in [6.07, 6.45) is 0. The third kappa shape index (κ3) is 5.35. The molecule has 6 nitrogen and oxygen atoms in total. The third-order valence-electron chi connectivity index (χ3n) is 4.30. The SMILES string of the molecule is Nc1ccc(Cl)cc1C(=O)OCC(=O)N1CCN(Cc2ccc(Cl)s2)CC1. The van der Waals surface area contributed by atoms with Crippen LogP contribution >= 0.6 is 34.5 Å². The van der Waals surface area contributed by atoms with Gasteiger partial charge in [0.05, 0.1) is 9.90 Å². The molecule has 0 radical (unpaired) electrons. The van der Waals surface area contributed by atoms with Gasteiger partial charge in [-0.15, -0.1) is 11.3 Å². The molecule has 144 valence electrons. The predicted molar refractivity (Wildman–Crippen MR) is 107 cm³/mol. The zero-order chi connectivity index (χ0) is 19.4. The number of hydrogen-bond donors (Lipinski definition) is 1. The molecular formula is C18H19Cl2N3O3S. The number of nitrogens with two attached hydrogens (primary N) is 1. The number of carbonyl (C=O) groups is 2. The highest BCUT2D eigenvalue weighted by Gasteiger charge is 2.23. The van der Waals surface area contributed by atoms with Crippen molar-refractivity contribution < 1.29 is 14.3 Å². The normalized spacial score (nSPS) is 15.0. The highest BCUT2D eigenvalue weighted by atomic mass is 35.5. The summed E-state index contributed by atoms with van der Waals surface area (Å²) in [6, 6.07) is 8.45. The summed E-state index contributed by atoms with van der Waals surface area (Å²) in [4.78, 5) is 29.6. The van der Waals surface area contributed by atoms with E-state index in [0.717, 1.165) is 24.0 Å². The van der Waals surface area contributed by atoms with E-state index in [1.807, 2.05) is 12.1 Å². The van der Waals surface area contributed by atoms with Crippen molar-refractivity contribution in [2.45, 2.75) is 6.54 Å². The van der Waals surface area contributed by atoms with E-state index in [4.69, 9.17) is 33.7 Å². The minimum absolute atomic E-state index is 0.162. The molecule has 0 spiro atoms. The smallest absolute Gasteiger partial charge is 0.340 e. The van der Waals surface area contributed by atoms with E-state index in [2.05, 4.69) is 4.90 Å². The van der Waals surface area contributed by atoms with Crippen LogP contribution in [-0.2, 0) is 16.1 Å². The van der Waals surface area contributed by atoms with Gasteiger partial charge in [-0.3, -0.25) is 9.69 Å². The highest BCUT2D eigenvalue weighted by molar-refractivity contribution is 7.16. The maximum atomic E-state index is 12.3. The van der Waals surface area contributed by atoms with Gasteiger partial charge in [-0.25, -0.2) is 4.79 Å². The van der Waals surface area contributed by atoms with Crippen LogP contribution in [0.5, 0.6) is 0 Å². The fourth-order valence-corrected chi connectivity index (χ4v) is 4.12. The Hall–Kier alpha value is -1.80. The van der Waals surface area contributed by atoms with Gasteiger partial charge in [-0.1, -0.05) is 23.2 Å². The van der Waals surface area contributed by atoms with Crippen LogP contribution < -0.4 is 5.73 Å². The lowest BCUT2D eigenvalue weighted by Crippen LogP contribution is -2.49. The first kappa shape index (κ1) is 19.9. The second-order valence-electron chi connectivity index (χ2n) is 6.17. The molecule has 9 heteroatoms. The van der Waals surface area contributed by atoms with E-state index in [1.165, 1.54) is 17.0 Å². The van der Waals surface area contributed by atoms with Gasteiger partial charge >= 0.3 is 5.97 Å². The number of halogens is 2. The summed E-state index contributed by atoms with van der Waals surface area (Å²) < 4.78 is 5.89. The Labute approximate surface area is 171 Å². The van der Waals surface area contributed by atoms with Gasteiger partial charge in [0.2, 0.25) is 0 Å². The van der Waals surface area contributed by atoms with Crippen molar-refractivity contribution >= 4 is 52.1 Å². The number of thiophene rings is 1. The first-order valence-electron chi connectivity index (χ1n) is 8.39. The average Bonchev–Trinajstić information content (AvgIpc) is 3.06. The fourth-order valence-electron chi connectivity index (χ4n) is 2.81. The minimum Gasteiger partial charge on any atom is -0.452 e. The lowest BCUT2D eigenvalue weighted by Gasteiger charge is -2.34. The molecule has 0 unspecified atom stereocenters. The Bertz CT molecular complexity index is 835. The van der Waals surface area contributed by atoms with Crippen LogP contribution in [0.15, 0.2) is 30.3 Å². The minimum atomic E-state index is -0.656. The monoisotopic (exact) mass is 427 g/mol. The fraction of sp³-hybridized carbons (Fsp3) is 0.333. The van der Waals surface area contributed by atoms with Gasteiger partial charge in [-0.05, 0) is 30.3 Å². The number of benzene rings is 1. The summed E-state index contributed by atoms with van der Waals surface area (Å²) in [5.74, 6) is -0.876. The van der Waals surface area contributed by atoms with Gasteiger partial charge in [-0.2, -0.15) is 0 Å². The van der Waals surface area contributed by atoms with E-state index in [1.54, 1.807) is 22.3 Å². The quantitative estimate of drug-likeness (QED) is 0.585. The molecule has 1 aliphatic heterocycles. The van der Waals surface area contributed by atoms with Crippen molar-refractivity contribution in [3.63, 3.8) is 0 Å². The van der Waals surface area contributed by atoms with Crippen molar-refractivity contribution in [3.8, 4) is 0 Å². The third-order valence-corrected chi connectivity index (χ3v) is 5.75. The summed E-state index contributed by atoms with van der Waals surface area (Å²) in [5.41, 5.74) is 6.18. The van der Waals surface area contributed by atoms with Crippen LogP contribution in [0.25, 0.3) is 0 Å². The van der Waals surface area contributed by atoms with Crippen molar-refractivity contribution in [2.24, 2.45) is 0 Å². The van der Waals surface area contributed by atoms with E-state index in [-0.39, 0.29) is 23.8 Å². The summed E-state index contributed by atoms with van der Waals surface area (Å²) in [7, 11) is 0. The molecule has 1 fully saturated rings. The van der Waals surface area contributed by atoms with Gasteiger partial charge in [0, 0.05) is 48.3 Å². The molecule has 1 saturated heterocycles. The Morgan fingerprint density at radius 3 is 2.52 bits per heavy atom. The molecular weight excluding hydrogens is 409 g/mol. The highest BCUT2D eigenvalue weighted by Crippen LogP contribution is 2.23. The average molecular weight is 428 g/mol. The first-order chi connectivity index (χ1) is 12.9. The van der Waals surface area contributed by atoms with E-state index >= 15 is 0 Å². The number of nitrogen functional groups attached to an aromatic ring is 1. The molecule has 2 N–H and O–H groups in total. The summed E-state index contributed by atoms with van der Waals surface area (Å²) >= 11 is 13.4. The molecule has 1 amide bonds. The maximum absolute atomic E-state index is 12.3. The first-order valence-corrected chi connectivity index (χ1v) is 9.96. The number of amides is 1. The second kappa shape index (κ2) is 8.93. The van der Waals surface area contributed by atoms with Crippen molar-refractivity contribution in [3.05, 3.63) is 50.1 Å². The molecule has 1 aromatic carbocycles. The number of esters is 1. The molecule has 2 heterocycles. The second-order valence-corrected chi connectivity index (χ2v) is 8.41. The number of nitrogens with zero attached hydrogens (tertiary/aromatic N) is 2. The molecule has 0 saturated carbocycles. The van der Waals surface area contributed by atoms with Crippen LogP contribution in [0.3, 0.4) is 0 Å². The Kier molecular flexibility index (Phi) is 6.59. The van der Waals surface area contributed by atoms with Crippen molar-refractivity contribution in [2.75, 3.05) is 38.5 Å². The summed E-state index contributed by atoms with van der Waals surface area (Å²) in [6.45, 7) is 3.21. The zero-order valence-corrected chi connectivity index (χ0v) is 16.8. The molecule has 3 rings (SSSR count). The zero-order valence-electron chi connectivity index (χ0n) is 14.5. The lowest BCUT2D eigenvalue weighted by atomic mass is 10.2. The van der Waals surface area contributed by atoms with Crippen molar-refractivity contribution in [1.29, 1.82) is 0 Å². The lowest BCUT2D eigenvalue weighted by molar-refractivity contribution is -0.136. The molecule has 27 heavy (non-hydrogen) atoms. The van der Waals surface area contributed by atoms with Crippen LogP contribution in [0.4, 0.5) is 5.69 Å². The molecule has 0 aliphatic carbocycles. The Morgan fingerprint density at radius 2 is 1.85 bits per heavy atom. The molecule has 0 bridgehead atoms.